The fourth-order valence-corrected chi connectivity index (χ4v) is 2.59. The lowest BCUT2D eigenvalue weighted by atomic mass is 10.2. The average molecular weight is 302 g/mol. The van der Waals surface area contributed by atoms with E-state index in [1.54, 1.807) is 0 Å². The predicted molar refractivity (Wildman–Crippen MR) is 66.4 cm³/mol. The molecule has 9 heteroatoms. The molecular weight excluding hydrogens is 291 g/mol. The summed E-state index contributed by atoms with van der Waals surface area (Å²) in [5.41, 5.74) is 0.341. The lowest BCUT2D eigenvalue weighted by Crippen LogP contribution is -2.27. The zero-order chi connectivity index (χ0) is 14.9. The predicted octanol–water partition coefficient (Wildman–Crippen LogP) is 0.273. The molecular formula is C11H11FN2O5S. The van der Waals surface area contributed by atoms with Gasteiger partial charge in [-0.25, -0.2) is 4.79 Å². The van der Waals surface area contributed by atoms with Crippen LogP contribution in [0.1, 0.15) is 16.8 Å². The number of hydrogen-bond donors (Lipinski definition) is 0. The number of halogens is 1. The lowest BCUT2D eigenvalue weighted by Gasteiger charge is -2.16. The van der Waals surface area contributed by atoms with Crippen molar-refractivity contribution >= 4 is 27.8 Å². The summed E-state index contributed by atoms with van der Waals surface area (Å²) < 4.78 is 39.1. The van der Waals surface area contributed by atoms with Gasteiger partial charge in [0.1, 0.15) is 5.25 Å². The van der Waals surface area contributed by atoms with E-state index in [2.05, 4.69) is 9.72 Å². The summed E-state index contributed by atoms with van der Waals surface area (Å²) in [6, 6.07) is 1.34. The van der Waals surface area contributed by atoms with Crippen molar-refractivity contribution in [3.8, 4) is 0 Å². The summed E-state index contributed by atoms with van der Waals surface area (Å²) in [5.74, 6) is -1.18. The molecule has 2 heterocycles. The summed E-state index contributed by atoms with van der Waals surface area (Å²) >= 11 is 0. The van der Waals surface area contributed by atoms with Crippen molar-refractivity contribution in [1.82, 2.24) is 4.98 Å². The molecule has 0 N–H and O–H groups in total. The molecule has 0 bridgehead atoms. The van der Waals surface area contributed by atoms with Crippen LogP contribution in [0, 0.1) is 0 Å². The Hall–Kier alpha value is -2.03. The minimum atomic E-state index is -4.78. The molecule has 1 amide bonds. The zero-order valence-corrected chi connectivity index (χ0v) is 11.3. The molecule has 0 radical (unpaired) electrons. The quantitative estimate of drug-likeness (QED) is 0.588. The Balaban J connectivity index is 2.29. The molecule has 0 saturated carbocycles. The molecule has 20 heavy (non-hydrogen) atoms. The van der Waals surface area contributed by atoms with Crippen molar-refractivity contribution in [3.05, 3.63) is 24.0 Å². The highest BCUT2D eigenvalue weighted by atomic mass is 32.3. The largest absolute Gasteiger partial charge is 0.465 e. The van der Waals surface area contributed by atoms with Crippen LogP contribution >= 0.6 is 0 Å². The van der Waals surface area contributed by atoms with Crippen molar-refractivity contribution in [2.45, 2.75) is 11.7 Å². The number of anilines is 1. The Morgan fingerprint density at radius 2 is 2.20 bits per heavy atom. The number of pyridine rings is 1. The van der Waals surface area contributed by atoms with Gasteiger partial charge in [-0.05, 0) is 6.07 Å². The first kappa shape index (κ1) is 14.4. The van der Waals surface area contributed by atoms with E-state index in [0.717, 1.165) is 4.90 Å². The Kier molecular flexibility index (Phi) is 3.71. The van der Waals surface area contributed by atoms with E-state index < -0.39 is 33.8 Å². The number of nitrogens with zero attached hydrogens (tertiary/aromatic N) is 2. The molecule has 0 aliphatic carbocycles. The molecule has 1 unspecified atom stereocenters. The van der Waals surface area contributed by atoms with Crippen LogP contribution in [0.15, 0.2) is 18.5 Å². The summed E-state index contributed by atoms with van der Waals surface area (Å²) in [6.07, 6.45) is 2.11. The number of esters is 1. The van der Waals surface area contributed by atoms with Crippen molar-refractivity contribution in [1.29, 1.82) is 0 Å². The molecule has 1 aromatic rings. The third kappa shape index (κ3) is 2.77. The molecule has 7 nitrogen and oxygen atoms in total. The average Bonchev–Trinajstić information content (AvgIpc) is 2.80. The van der Waals surface area contributed by atoms with Gasteiger partial charge in [0.05, 0.1) is 24.6 Å². The second-order valence-corrected chi connectivity index (χ2v) is 5.85. The number of hydrogen-bond acceptors (Lipinski definition) is 6. The molecule has 0 aromatic carbocycles. The molecule has 108 valence electrons. The third-order valence-electron chi connectivity index (χ3n) is 2.94. The monoisotopic (exact) mass is 302 g/mol. The summed E-state index contributed by atoms with van der Waals surface area (Å²) in [6.45, 7) is -0.302. The molecule has 1 aromatic heterocycles. The van der Waals surface area contributed by atoms with Gasteiger partial charge in [0.2, 0.25) is 5.91 Å². The van der Waals surface area contributed by atoms with Gasteiger partial charge in [0, 0.05) is 19.2 Å². The van der Waals surface area contributed by atoms with Crippen molar-refractivity contribution in [3.63, 3.8) is 0 Å². The summed E-state index contributed by atoms with van der Waals surface area (Å²) in [4.78, 5) is 28.0. The van der Waals surface area contributed by atoms with Gasteiger partial charge < -0.3 is 9.64 Å². The smallest absolute Gasteiger partial charge is 0.339 e. The van der Waals surface area contributed by atoms with E-state index in [1.165, 1.54) is 25.6 Å². The number of rotatable bonds is 3. The number of amides is 1. The van der Waals surface area contributed by atoms with E-state index in [-0.39, 0.29) is 17.8 Å². The van der Waals surface area contributed by atoms with Gasteiger partial charge in [-0.15, -0.1) is 3.89 Å². The highest BCUT2D eigenvalue weighted by Gasteiger charge is 2.39. The molecule has 0 spiro atoms. The Bertz CT molecular complexity index is 661. The van der Waals surface area contributed by atoms with E-state index in [1.807, 2.05) is 0 Å². The molecule has 1 fully saturated rings. The Morgan fingerprint density at radius 3 is 2.75 bits per heavy atom. The number of ether oxygens (including phenoxy) is 1. The van der Waals surface area contributed by atoms with Crippen LogP contribution in [0.3, 0.4) is 0 Å². The van der Waals surface area contributed by atoms with E-state index >= 15 is 0 Å². The second-order valence-electron chi connectivity index (χ2n) is 4.23. The zero-order valence-electron chi connectivity index (χ0n) is 10.4. The number of aromatic nitrogens is 1. The minimum absolute atomic E-state index is 0.115. The number of methoxy groups -OCH3 is 1. The number of carbonyl (C=O) groups excluding carboxylic acids is 2. The molecule has 2 rings (SSSR count). The maximum absolute atomic E-state index is 12.9. The van der Waals surface area contributed by atoms with Gasteiger partial charge in [-0.1, -0.05) is 0 Å². The highest BCUT2D eigenvalue weighted by molar-refractivity contribution is 7.87. The van der Waals surface area contributed by atoms with Gasteiger partial charge in [0.15, 0.2) is 0 Å². The first-order valence-corrected chi connectivity index (χ1v) is 7.05. The first-order chi connectivity index (χ1) is 9.32. The minimum Gasteiger partial charge on any atom is -0.465 e. The lowest BCUT2D eigenvalue weighted by molar-refractivity contribution is -0.117. The van der Waals surface area contributed by atoms with E-state index in [4.69, 9.17) is 0 Å². The number of carbonyl (C=O) groups is 2. The van der Waals surface area contributed by atoms with Crippen LogP contribution in [0.5, 0.6) is 0 Å². The van der Waals surface area contributed by atoms with Gasteiger partial charge >= 0.3 is 16.2 Å². The van der Waals surface area contributed by atoms with Gasteiger partial charge in [0.25, 0.3) is 0 Å². The fourth-order valence-electron chi connectivity index (χ4n) is 1.92. The second kappa shape index (κ2) is 5.16. The standard InChI is InChI=1S/C11H11FN2O5S/c1-19-11(16)7-2-8(5-13-4-7)14-6-9(3-10(14)15)20(12,17)18/h2,4-5,9H,3,6H2,1H3. The van der Waals surface area contributed by atoms with Crippen LogP contribution in [-0.4, -0.2) is 44.2 Å². The Morgan fingerprint density at radius 1 is 1.50 bits per heavy atom. The molecule has 1 atom stereocenters. The SMILES string of the molecule is COC(=O)c1cncc(N2CC(S(=O)(=O)F)CC2=O)c1. The first-order valence-electron chi connectivity index (χ1n) is 5.60. The maximum Gasteiger partial charge on any atom is 0.339 e. The molecule has 1 aliphatic heterocycles. The van der Waals surface area contributed by atoms with Crippen LogP contribution in [0.25, 0.3) is 0 Å². The molecule has 1 aliphatic rings. The van der Waals surface area contributed by atoms with Gasteiger partial charge in [-0.3, -0.25) is 9.78 Å². The topological polar surface area (TPSA) is 93.6 Å². The summed E-state index contributed by atoms with van der Waals surface area (Å²) in [5, 5.41) is -1.39. The Labute approximate surface area is 114 Å². The van der Waals surface area contributed by atoms with Crippen molar-refractivity contribution in [2.75, 3.05) is 18.6 Å². The maximum atomic E-state index is 12.9. The van der Waals surface area contributed by atoms with E-state index in [0.29, 0.717) is 0 Å². The van der Waals surface area contributed by atoms with Crippen LogP contribution in [0.4, 0.5) is 9.57 Å². The highest BCUT2D eigenvalue weighted by Crippen LogP contribution is 2.25. The van der Waals surface area contributed by atoms with Crippen molar-refractivity contribution < 1.29 is 26.6 Å². The third-order valence-corrected chi connectivity index (χ3v) is 4.06. The fraction of sp³-hybridized carbons (Fsp3) is 0.364. The van der Waals surface area contributed by atoms with Crippen LogP contribution < -0.4 is 4.90 Å². The van der Waals surface area contributed by atoms with Crippen molar-refractivity contribution in [2.24, 2.45) is 0 Å². The summed E-state index contributed by atoms with van der Waals surface area (Å²) in [7, 11) is -3.59. The normalized spacial score (nSPS) is 19.2. The van der Waals surface area contributed by atoms with Crippen LogP contribution in [-0.2, 0) is 19.8 Å². The van der Waals surface area contributed by atoms with E-state index in [9.17, 15) is 21.9 Å². The van der Waals surface area contributed by atoms with Gasteiger partial charge in [-0.2, -0.15) is 8.42 Å². The van der Waals surface area contributed by atoms with Crippen LogP contribution in [0.2, 0.25) is 0 Å². The molecule has 1 saturated heterocycles.